The minimum Gasteiger partial charge on any atom is -0.359 e. The van der Waals surface area contributed by atoms with Gasteiger partial charge in [0.1, 0.15) is 12.7 Å². The summed E-state index contributed by atoms with van der Waals surface area (Å²) in [4.78, 5) is 14.8. The van der Waals surface area contributed by atoms with Crippen molar-refractivity contribution >= 4 is 5.91 Å². The molecule has 0 aromatic heterocycles. The number of benzene rings is 3. The molecule has 0 bridgehead atoms. The average molecular weight is 399 g/mol. The van der Waals surface area contributed by atoms with E-state index in [4.69, 9.17) is 10.00 Å². The Morgan fingerprint density at radius 2 is 1.43 bits per heavy atom. The van der Waals surface area contributed by atoms with Crippen LogP contribution in [0.15, 0.2) is 84.9 Å². The normalized spacial score (nSPS) is 11.7. The van der Waals surface area contributed by atoms with Crippen LogP contribution < -0.4 is 0 Å². The number of nitriles is 1. The van der Waals surface area contributed by atoms with Gasteiger partial charge in [0.15, 0.2) is 0 Å². The molecule has 3 aromatic rings. The second-order valence-electron chi connectivity index (χ2n) is 7.10. The van der Waals surface area contributed by atoms with E-state index in [0.717, 1.165) is 16.7 Å². The fraction of sp³-hybridized carbons (Fsp3) is 0.231. The van der Waals surface area contributed by atoms with Crippen molar-refractivity contribution in [3.05, 3.63) is 107 Å². The van der Waals surface area contributed by atoms with Crippen LogP contribution in [0, 0.1) is 11.3 Å². The van der Waals surface area contributed by atoms with Gasteiger partial charge in [0.25, 0.3) is 0 Å². The predicted octanol–water partition coefficient (Wildman–Crippen LogP) is 5.27. The third kappa shape index (κ3) is 5.14. The lowest BCUT2D eigenvalue weighted by Crippen LogP contribution is -2.36. The standard InChI is InChI=1S/C26H26N2O2/c1-3-28(20(2)22-16-14-21(18-27)15-17-22)25(29)19-30-26(23-10-6-4-7-11-23)24-12-8-5-9-13-24/h4-17,20,26H,3,19H2,1-2H3. The number of nitrogens with zero attached hydrogens (tertiary/aromatic N) is 2. The van der Waals surface area contributed by atoms with Gasteiger partial charge in [-0.15, -0.1) is 0 Å². The molecule has 0 radical (unpaired) electrons. The van der Waals surface area contributed by atoms with Gasteiger partial charge in [-0.1, -0.05) is 72.8 Å². The van der Waals surface area contributed by atoms with Crippen molar-refractivity contribution in [2.45, 2.75) is 26.0 Å². The molecular weight excluding hydrogens is 372 g/mol. The summed E-state index contributed by atoms with van der Waals surface area (Å²) in [5, 5.41) is 8.99. The Kier molecular flexibility index (Phi) is 7.37. The molecule has 0 heterocycles. The molecule has 3 rings (SSSR count). The maximum atomic E-state index is 13.0. The molecule has 1 unspecified atom stereocenters. The topological polar surface area (TPSA) is 53.3 Å². The number of hydrogen-bond acceptors (Lipinski definition) is 3. The van der Waals surface area contributed by atoms with E-state index < -0.39 is 0 Å². The van der Waals surface area contributed by atoms with Crippen molar-refractivity contribution in [1.82, 2.24) is 4.90 Å². The molecular formula is C26H26N2O2. The first-order chi connectivity index (χ1) is 14.6. The van der Waals surface area contributed by atoms with Crippen molar-refractivity contribution in [3.63, 3.8) is 0 Å². The molecule has 4 heteroatoms. The number of carbonyl (C=O) groups is 1. The molecule has 0 fully saturated rings. The van der Waals surface area contributed by atoms with Crippen molar-refractivity contribution in [2.24, 2.45) is 0 Å². The fourth-order valence-corrected chi connectivity index (χ4v) is 3.56. The molecule has 0 aliphatic carbocycles. The molecule has 4 nitrogen and oxygen atoms in total. The van der Waals surface area contributed by atoms with Gasteiger partial charge in [-0.3, -0.25) is 4.79 Å². The summed E-state index contributed by atoms with van der Waals surface area (Å²) < 4.78 is 6.15. The molecule has 30 heavy (non-hydrogen) atoms. The maximum Gasteiger partial charge on any atom is 0.249 e. The Morgan fingerprint density at radius 3 is 1.90 bits per heavy atom. The highest BCUT2D eigenvalue weighted by Crippen LogP contribution is 2.27. The summed E-state index contributed by atoms with van der Waals surface area (Å²) in [6.45, 7) is 4.52. The van der Waals surface area contributed by atoms with Gasteiger partial charge in [0.05, 0.1) is 17.7 Å². The smallest absolute Gasteiger partial charge is 0.249 e. The zero-order chi connectivity index (χ0) is 21.3. The van der Waals surface area contributed by atoms with Crippen LogP contribution >= 0.6 is 0 Å². The van der Waals surface area contributed by atoms with E-state index in [-0.39, 0.29) is 24.7 Å². The summed E-state index contributed by atoms with van der Waals surface area (Å²) in [6.07, 6.45) is -0.305. The Bertz CT molecular complexity index is 940. The number of ether oxygens (including phenoxy) is 1. The van der Waals surface area contributed by atoms with E-state index in [1.807, 2.05) is 86.6 Å². The lowest BCUT2D eigenvalue weighted by molar-refractivity contribution is -0.139. The highest BCUT2D eigenvalue weighted by atomic mass is 16.5. The third-order valence-corrected chi connectivity index (χ3v) is 5.23. The quantitative estimate of drug-likeness (QED) is 0.519. The Labute approximate surface area is 178 Å². The van der Waals surface area contributed by atoms with Crippen LogP contribution in [0.25, 0.3) is 0 Å². The zero-order valence-corrected chi connectivity index (χ0v) is 17.4. The Balaban J connectivity index is 1.74. The van der Waals surface area contributed by atoms with Crippen molar-refractivity contribution in [2.75, 3.05) is 13.2 Å². The number of likely N-dealkylation sites (N-methyl/N-ethyl adjacent to an activating group) is 1. The molecule has 1 atom stereocenters. The second-order valence-corrected chi connectivity index (χ2v) is 7.10. The number of amides is 1. The molecule has 0 aliphatic heterocycles. The summed E-state index contributed by atoms with van der Waals surface area (Å²) in [6, 6.07) is 29.3. The third-order valence-electron chi connectivity index (χ3n) is 5.23. The molecule has 0 saturated carbocycles. The minimum absolute atomic E-state index is 0.0110. The first kappa shape index (κ1) is 21.3. The van der Waals surface area contributed by atoms with E-state index in [9.17, 15) is 4.79 Å². The van der Waals surface area contributed by atoms with Crippen LogP contribution in [0.3, 0.4) is 0 Å². The average Bonchev–Trinajstić information content (AvgIpc) is 2.81. The van der Waals surface area contributed by atoms with Gasteiger partial charge in [-0.2, -0.15) is 5.26 Å². The molecule has 1 amide bonds. The van der Waals surface area contributed by atoms with Crippen LogP contribution in [0.1, 0.15) is 48.2 Å². The largest absolute Gasteiger partial charge is 0.359 e. The molecule has 0 aliphatic rings. The van der Waals surface area contributed by atoms with Gasteiger partial charge in [0.2, 0.25) is 5.91 Å². The summed E-state index contributed by atoms with van der Waals surface area (Å²) in [7, 11) is 0. The van der Waals surface area contributed by atoms with E-state index in [1.54, 1.807) is 17.0 Å². The number of hydrogen-bond donors (Lipinski definition) is 0. The van der Waals surface area contributed by atoms with Crippen molar-refractivity contribution in [1.29, 1.82) is 5.26 Å². The second kappa shape index (κ2) is 10.4. The number of carbonyl (C=O) groups excluding carboxylic acids is 1. The molecule has 0 N–H and O–H groups in total. The summed E-state index contributed by atoms with van der Waals surface area (Å²) >= 11 is 0. The zero-order valence-electron chi connectivity index (χ0n) is 17.4. The molecule has 3 aromatic carbocycles. The van der Waals surface area contributed by atoms with Crippen LogP contribution in [0.4, 0.5) is 0 Å². The summed E-state index contributed by atoms with van der Waals surface area (Å²) in [5.41, 5.74) is 3.63. The fourth-order valence-electron chi connectivity index (χ4n) is 3.56. The van der Waals surface area contributed by atoms with Gasteiger partial charge in [0, 0.05) is 6.54 Å². The number of rotatable bonds is 8. The Morgan fingerprint density at radius 1 is 0.900 bits per heavy atom. The van der Waals surface area contributed by atoms with Gasteiger partial charge in [-0.05, 0) is 42.7 Å². The predicted molar refractivity (Wildman–Crippen MR) is 118 cm³/mol. The monoisotopic (exact) mass is 398 g/mol. The van der Waals surface area contributed by atoms with Crippen LogP contribution in [0.2, 0.25) is 0 Å². The van der Waals surface area contributed by atoms with E-state index in [1.165, 1.54) is 0 Å². The van der Waals surface area contributed by atoms with Crippen LogP contribution in [-0.4, -0.2) is 24.0 Å². The van der Waals surface area contributed by atoms with Crippen LogP contribution in [-0.2, 0) is 9.53 Å². The lowest BCUT2D eigenvalue weighted by atomic mass is 10.0. The molecule has 0 saturated heterocycles. The van der Waals surface area contributed by atoms with Gasteiger partial charge >= 0.3 is 0 Å². The van der Waals surface area contributed by atoms with Crippen molar-refractivity contribution < 1.29 is 9.53 Å². The first-order valence-electron chi connectivity index (χ1n) is 10.1. The van der Waals surface area contributed by atoms with E-state index in [0.29, 0.717) is 12.1 Å². The van der Waals surface area contributed by atoms with Crippen molar-refractivity contribution in [3.8, 4) is 6.07 Å². The summed E-state index contributed by atoms with van der Waals surface area (Å²) in [5.74, 6) is -0.0637. The van der Waals surface area contributed by atoms with Crippen LogP contribution in [0.5, 0.6) is 0 Å². The first-order valence-corrected chi connectivity index (χ1v) is 10.1. The van der Waals surface area contributed by atoms with E-state index >= 15 is 0 Å². The highest BCUT2D eigenvalue weighted by molar-refractivity contribution is 5.78. The minimum atomic E-state index is -0.305. The van der Waals surface area contributed by atoms with Gasteiger partial charge in [-0.25, -0.2) is 0 Å². The maximum absolute atomic E-state index is 13.0. The van der Waals surface area contributed by atoms with Gasteiger partial charge < -0.3 is 9.64 Å². The van der Waals surface area contributed by atoms with E-state index in [2.05, 4.69) is 6.07 Å². The SMILES string of the molecule is CCN(C(=O)COC(c1ccccc1)c1ccccc1)C(C)c1ccc(C#N)cc1. The lowest BCUT2D eigenvalue weighted by Gasteiger charge is -2.29. The molecule has 152 valence electrons. The Hall–Kier alpha value is -3.42. The highest BCUT2D eigenvalue weighted by Gasteiger charge is 2.22. The molecule has 0 spiro atoms.